The van der Waals surface area contributed by atoms with E-state index >= 15 is 0 Å². The largest absolute Gasteiger partial charge is 0.395 e. The van der Waals surface area contributed by atoms with Gasteiger partial charge in [0.2, 0.25) is 0 Å². The molecule has 17 heavy (non-hydrogen) atoms. The lowest BCUT2D eigenvalue weighted by molar-refractivity contribution is 0.0743. The van der Waals surface area contributed by atoms with Crippen molar-refractivity contribution in [2.45, 2.75) is 0 Å². The van der Waals surface area contributed by atoms with E-state index in [1.54, 1.807) is 18.2 Å². The van der Waals surface area contributed by atoms with E-state index < -0.39 is 0 Å². The van der Waals surface area contributed by atoms with Gasteiger partial charge in [0.15, 0.2) is 0 Å². The van der Waals surface area contributed by atoms with Crippen molar-refractivity contribution in [1.29, 1.82) is 0 Å². The minimum absolute atomic E-state index is 0.106. The Morgan fingerprint density at radius 1 is 1.47 bits per heavy atom. The van der Waals surface area contributed by atoms with Gasteiger partial charge in [0, 0.05) is 18.1 Å². The quantitative estimate of drug-likeness (QED) is 0.838. The molecule has 0 spiro atoms. The van der Waals surface area contributed by atoms with Gasteiger partial charge >= 0.3 is 0 Å². The first-order chi connectivity index (χ1) is 8.10. The minimum atomic E-state index is -0.249. The molecule has 0 aliphatic heterocycles. The Morgan fingerprint density at radius 2 is 2.18 bits per heavy atom. The van der Waals surface area contributed by atoms with Crippen LogP contribution in [0.1, 0.15) is 10.4 Å². The third-order valence-corrected chi connectivity index (χ3v) is 2.72. The Kier molecular flexibility index (Phi) is 5.48. The number of carbonyl (C=O) groups is 1. The number of aliphatic hydroxyl groups is 1. The first kappa shape index (κ1) is 14.0. The molecular weight excluding hydrogens is 261 g/mol. The van der Waals surface area contributed by atoms with Crippen molar-refractivity contribution in [3.05, 3.63) is 46.5 Å². The smallest absolute Gasteiger partial charge is 0.255 e. The maximum Gasteiger partial charge on any atom is 0.255 e. The molecule has 0 bridgehead atoms. The summed E-state index contributed by atoms with van der Waals surface area (Å²) >= 11 is 11.7. The van der Waals surface area contributed by atoms with Crippen LogP contribution in [0.15, 0.2) is 30.9 Å². The fourth-order valence-corrected chi connectivity index (χ4v) is 1.87. The standard InChI is InChI=1S/C12H13Cl2NO2/c1-2-5-15(6-7-16)12(17)10-4-3-9(13)8-11(10)14/h2-4,8,16H,1,5-7H2. The van der Waals surface area contributed by atoms with Gasteiger partial charge in [0.05, 0.1) is 17.2 Å². The van der Waals surface area contributed by atoms with Crippen molar-refractivity contribution < 1.29 is 9.90 Å². The number of aliphatic hydroxyl groups excluding tert-OH is 1. The van der Waals surface area contributed by atoms with Crippen molar-refractivity contribution in [3.63, 3.8) is 0 Å². The molecule has 5 heteroatoms. The van der Waals surface area contributed by atoms with E-state index in [-0.39, 0.29) is 19.1 Å². The van der Waals surface area contributed by atoms with Crippen LogP contribution in [0.5, 0.6) is 0 Å². The average molecular weight is 274 g/mol. The highest BCUT2D eigenvalue weighted by atomic mass is 35.5. The number of nitrogens with zero attached hydrogens (tertiary/aromatic N) is 1. The molecule has 0 saturated heterocycles. The van der Waals surface area contributed by atoms with Crippen LogP contribution < -0.4 is 0 Å². The van der Waals surface area contributed by atoms with Crippen molar-refractivity contribution in [3.8, 4) is 0 Å². The molecule has 0 radical (unpaired) electrons. The predicted octanol–water partition coefficient (Wildman–Crippen LogP) is 2.61. The summed E-state index contributed by atoms with van der Waals surface area (Å²) in [6, 6.07) is 4.69. The van der Waals surface area contributed by atoms with Gasteiger partial charge in [-0.2, -0.15) is 0 Å². The lowest BCUT2D eigenvalue weighted by Crippen LogP contribution is -2.33. The van der Waals surface area contributed by atoms with Crippen LogP contribution >= 0.6 is 23.2 Å². The summed E-state index contributed by atoms with van der Waals surface area (Å²) in [4.78, 5) is 13.6. The summed E-state index contributed by atoms with van der Waals surface area (Å²) in [5.41, 5.74) is 0.367. The molecule has 1 rings (SSSR count). The second kappa shape index (κ2) is 6.64. The molecule has 1 amide bonds. The lowest BCUT2D eigenvalue weighted by Gasteiger charge is -2.20. The van der Waals surface area contributed by atoms with E-state index in [1.807, 2.05) is 0 Å². The first-order valence-corrected chi connectivity index (χ1v) is 5.81. The molecule has 0 aliphatic rings. The number of hydrogen-bond acceptors (Lipinski definition) is 2. The number of hydrogen-bond donors (Lipinski definition) is 1. The van der Waals surface area contributed by atoms with Crippen LogP contribution in [0, 0.1) is 0 Å². The lowest BCUT2D eigenvalue weighted by atomic mass is 10.2. The summed E-state index contributed by atoms with van der Waals surface area (Å²) < 4.78 is 0. The van der Waals surface area contributed by atoms with Crippen LogP contribution in [0.3, 0.4) is 0 Å². The average Bonchev–Trinajstić information content (AvgIpc) is 2.28. The highest BCUT2D eigenvalue weighted by molar-refractivity contribution is 6.36. The second-order valence-electron chi connectivity index (χ2n) is 3.39. The minimum Gasteiger partial charge on any atom is -0.395 e. The van der Waals surface area contributed by atoms with Gasteiger partial charge in [-0.3, -0.25) is 4.79 Å². The van der Waals surface area contributed by atoms with E-state index in [1.165, 1.54) is 11.0 Å². The monoisotopic (exact) mass is 273 g/mol. The Labute approximate surface area is 110 Å². The Morgan fingerprint density at radius 3 is 2.71 bits per heavy atom. The summed E-state index contributed by atoms with van der Waals surface area (Å²) in [5, 5.41) is 9.67. The van der Waals surface area contributed by atoms with Crippen LogP contribution in [0.4, 0.5) is 0 Å². The van der Waals surface area contributed by atoms with Gasteiger partial charge in [0.1, 0.15) is 0 Å². The molecule has 0 aliphatic carbocycles. The van der Waals surface area contributed by atoms with Crippen LogP contribution in [-0.2, 0) is 0 Å². The van der Waals surface area contributed by atoms with Crippen molar-refractivity contribution in [2.75, 3.05) is 19.7 Å². The number of rotatable bonds is 5. The molecule has 0 saturated carbocycles. The van der Waals surface area contributed by atoms with E-state index in [9.17, 15) is 4.79 Å². The summed E-state index contributed by atoms with van der Waals surface area (Å²) in [5.74, 6) is -0.249. The fraction of sp³-hybridized carbons (Fsp3) is 0.250. The molecule has 0 heterocycles. The second-order valence-corrected chi connectivity index (χ2v) is 4.23. The van der Waals surface area contributed by atoms with E-state index in [0.717, 1.165) is 0 Å². The molecule has 92 valence electrons. The molecule has 0 atom stereocenters. The number of amides is 1. The van der Waals surface area contributed by atoms with Gasteiger partial charge in [-0.05, 0) is 18.2 Å². The summed E-state index contributed by atoms with van der Waals surface area (Å²) in [6.07, 6.45) is 1.59. The highest BCUT2D eigenvalue weighted by Crippen LogP contribution is 2.22. The maximum absolute atomic E-state index is 12.1. The Bertz CT molecular complexity index is 421. The maximum atomic E-state index is 12.1. The van der Waals surface area contributed by atoms with E-state index in [2.05, 4.69) is 6.58 Å². The number of carbonyl (C=O) groups excluding carboxylic acids is 1. The number of benzene rings is 1. The molecular formula is C12H13Cl2NO2. The summed E-state index contributed by atoms with van der Waals surface area (Å²) in [6.45, 7) is 4.06. The zero-order valence-corrected chi connectivity index (χ0v) is 10.7. The molecule has 0 fully saturated rings. The summed E-state index contributed by atoms with van der Waals surface area (Å²) in [7, 11) is 0. The van der Waals surface area contributed by atoms with Crippen molar-refractivity contribution in [2.24, 2.45) is 0 Å². The molecule has 0 unspecified atom stereocenters. The van der Waals surface area contributed by atoms with Gasteiger partial charge in [0.25, 0.3) is 5.91 Å². The van der Waals surface area contributed by atoms with Gasteiger partial charge in [-0.15, -0.1) is 6.58 Å². The van der Waals surface area contributed by atoms with Crippen LogP contribution in [-0.4, -0.2) is 35.6 Å². The third kappa shape index (κ3) is 3.73. The predicted molar refractivity (Wildman–Crippen MR) is 69.6 cm³/mol. The molecule has 0 aromatic heterocycles. The SMILES string of the molecule is C=CCN(CCO)C(=O)c1ccc(Cl)cc1Cl. The topological polar surface area (TPSA) is 40.5 Å². The zero-order valence-electron chi connectivity index (χ0n) is 9.20. The molecule has 1 aromatic carbocycles. The molecule has 1 N–H and O–H groups in total. The molecule has 1 aromatic rings. The third-order valence-electron chi connectivity index (χ3n) is 2.17. The van der Waals surface area contributed by atoms with Crippen LogP contribution in [0.2, 0.25) is 10.0 Å². The number of halogens is 2. The van der Waals surface area contributed by atoms with Crippen molar-refractivity contribution in [1.82, 2.24) is 4.90 Å². The fourth-order valence-electron chi connectivity index (χ4n) is 1.39. The normalized spacial score (nSPS) is 10.1. The van der Waals surface area contributed by atoms with Gasteiger partial charge in [-0.25, -0.2) is 0 Å². The highest BCUT2D eigenvalue weighted by Gasteiger charge is 2.17. The van der Waals surface area contributed by atoms with E-state index in [4.69, 9.17) is 28.3 Å². The zero-order chi connectivity index (χ0) is 12.8. The van der Waals surface area contributed by atoms with Gasteiger partial charge < -0.3 is 10.0 Å². The Balaban J connectivity index is 2.96. The van der Waals surface area contributed by atoms with Crippen molar-refractivity contribution >= 4 is 29.1 Å². The molecule has 3 nitrogen and oxygen atoms in total. The van der Waals surface area contributed by atoms with E-state index in [0.29, 0.717) is 22.2 Å². The first-order valence-electron chi connectivity index (χ1n) is 5.06. The van der Waals surface area contributed by atoms with Gasteiger partial charge in [-0.1, -0.05) is 29.3 Å². The van der Waals surface area contributed by atoms with Crippen LogP contribution in [0.25, 0.3) is 0 Å². The Hall–Kier alpha value is -1.03.